The first-order valence-corrected chi connectivity index (χ1v) is 7.17. The van der Waals surface area contributed by atoms with Crippen LogP contribution in [0.1, 0.15) is 50.7 Å². The zero-order valence-electron chi connectivity index (χ0n) is 11.0. The van der Waals surface area contributed by atoms with Gasteiger partial charge in [0.2, 0.25) is 0 Å². The van der Waals surface area contributed by atoms with Crippen LogP contribution >= 0.6 is 0 Å². The van der Waals surface area contributed by atoms with Crippen molar-refractivity contribution in [3.8, 4) is 5.75 Å². The van der Waals surface area contributed by atoms with Crippen molar-refractivity contribution in [1.82, 2.24) is 0 Å². The fourth-order valence-electron chi connectivity index (χ4n) is 3.53. The van der Waals surface area contributed by atoms with Gasteiger partial charge in [-0.2, -0.15) is 0 Å². The molecular weight excluding hydrogens is 224 g/mol. The first kappa shape index (κ1) is 12.0. The number of hydrogen-bond acceptors (Lipinski definition) is 2. The molecule has 3 unspecified atom stereocenters. The third kappa shape index (κ3) is 2.26. The Bertz CT molecular complexity index is 415. The fraction of sp³-hybridized carbons (Fsp3) is 0.625. The number of aliphatic hydroxyl groups excluding tert-OH is 1. The summed E-state index contributed by atoms with van der Waals surface area (Å²) >= 11 is 0. The third-order valence-corrected chi connectivity index (χ3v) is 4.51. The molecule has 2 nitrogen and oxygen atoms in total. The maximum Gasteiger partial charge on any atom is 0.125 e. The van der Waals surface area contributed by atoms with E-state index in [1.807, 2.05) is 24.3 Å². The monoisotopic (exact) mass is 246 g/mol. The van der Waals surface area contributed by atoms with E-state index in [1.165, 1.54) is 25.7 Å². The molecule has 3 rings (SSSR count). The Balaban J connectivity index is 1.77. The molecule has 0 radical (unpaired) electrons. The Morgan fingerprint density at radius 3 is 2.83 bits per heavy atom. The van der Waals surface area contributed by atoms with Gasteiger partial charge in [-0.15, -0.1) is 0 Å². The summed E-state index contributed by atoms with van der Waals surface area (Å²) in [5.41, 5.74) is 0.956. The van der Waals surface area contributed by atoms with Gasteiger partial charge >= 0.3 is 0 Å². The molecule has 1 fully saturated rings. The number of hydrogen-bond donors (Lipinski definition) is 1. The molecule has 1 saturated carbocycles. The minimum atomic E-state index is -0.350. The molecule has 0 saturated heterocycles. The van der Waals surface area contributed by atoms with Gasteiger partial charge in [-0.3, -0.25) is 0 Å². The van der Waals surface area contributed by atoms with Crippen LogP contribution in [0.25, 0.3) is 0 Å². The minimum Gasteiger partial charge on any atom is -0.490 e. The second kappa shape index (κ2) is 4.93. The average Bonchev–Trinajstić information content (AvgIpc) is 2.39. The number of fused-ring (bicyclic) bond motifs is 1. The SMILES string of the molecule is CC1CCCC(C2C[C@H](O)c3ccccc3O2)C1. The molecule has 1 aliphatic carbocycles. The van der Waals surface area contributed by atoms with E-state index in [9.17, 15) is 5.11 Å². The summed E-state index contributed by atoms with van der Waals surface area (Å²) in [4.78, 5) is 0. The van der Waals surface area contributed by atoms with Crippen LogP contribution in [0.2, 0.25) is 0 Å². The topological polar surface area (TPSA) is 29.5 Å². The lowest BCUT2D eigenvalue weighted by Gasteiger charge is -2.37. The molecule has 1 aromatic rings. The first-order chi connectivity index (χ1) is 8.74. The number of aliphatic hydroxyl groups is 1. The maximum atomic E-state index is 10.2. The van der Waals surface area contributed by atoms with E-state index in [0.717, 1.165) is 23.7 Å². The first-order valence-electron chi connectivity index (χ1n) is 7.17. The molecule has 2 heteroatoms. The quantitative estimate of drug-likeness (QED) is 0.818. The van der Waals surface area contributed by atoms with E-state index < -0.39 is 0 Å². The standard InChI is InChI=1S/C16H22O2/c1-11-5-4-6-12(9-11)16-10-14(17)13-7-2-3-8-15(13)18-16/h2-3,7-8,11-12,14,16-17H,4-6,9-10H2,1H3/t11?,12?,14-,16?/m0/s1. The Morgan fingerprint density at radius 2 is 2.00 bits per heavy atom. The highest BCUT2D eigenvalue weighted by atomic mass is 16.5. The lowest BCUT2D eigenvalue weighted by molar-refractivity contribution is 0.0172. The summed E-state index contributed by atoms with van der Waals surface area (Å²) in [5.74, 6) is 2.32. The second-order valence-corrected chi connectivity index (χ2v) is 5.98. The van der Waals surface area contributed by atoms with E-state index in [0.29, 0.717) is 5.92 Å². The van der Waals surface area contributed by atoms with Gasteiger partial charge in [0.25, 0.3) is 0 Å². The van der Waals surface area contributed by atoms with Crippen LogP contribution in [0, 0.1) is 11.8 Å². The average molecular weight is 246 g/mol. The van der Waals surface area contributed by atoms with Gasteiger partial charge < -0.3 is 9.84 Å². The Labute approximate surface area is 109 Å². The molecule has 1 heterocycles. The zero-order valence-corrected chi connectivity index (χ0v) is 11.0. The number of rotatable bonds is 1. The minimum absolute atomic E-state index is 0.206. The van der Waals surface area contributed by atoms with Gasteiger partial charge in [-0.25, -0.2) is 0 Å². The molecule has 98 valence electrons. The Hall–Kier alpha value is -1.02. The van der Waals surface area contributed by atoms with Crippen LogP contribution < -0.4 is 4.74 Å². The molecular formula is C16H22O2. The predicted octanol–water partition coefficient (Wildman–Crippen LogP) is 3.70. The van der Waals surface area contributed by atoms with Gasteiger partial charge in [0.05, 0.1) is 6.10 Å². The van der Waals surface area contributed by atoms with E-state index >= 15 is 0 Å². The molecule has 0 aromatic heterocycles. The summed E-state index contributed by atoms with van der Waals surface area (Å²) in [6.07, 6.45) is 5.78. The second-order valence-electron chi connectivity index (χ2n) is 5.98. The molecule has 1 N–H and O–H groups in total. The summed E-state index contributed by atoms with van der Waals surface area (Å²) in [6, 6.07) is 7.91. The number of para-hydroxylation sites is 1. The molecule has 18 heavy (non-hydrogen) atoms. The third-order valence-electron chi connectivity index (χ3n) is 4.51. The van der Waals surface area contributed by atoms with E-state index in [4.69, 9.17) is 4.74 Å². The van der Waals surface area contributed by atoms with Crippen molar-refractivity contribution in [3.05, 3.63) is 29.8 Å². The highest BCUT2D eigenvalue weighted by Gasteiger charge is 2.34. The normalized spacial score (nSPS) is 35.7. The van der Waals surface area contributed by atoms with Crippen LogP contribution in [-0.2, 0) is 0 Å². The molecule has 2 aliphatic rings. The number of ether oxygens (including phenoxy) is 1. The van der Waals surface area contributed by atoms with Crippen molar-refractivity contribution in [1.29, 1.82) is 0 Å². The van der Waals surface area contributed by atoms with E-state index in [-0.39, 0.29) is 12.2 Å². The highest BCUT2D eigenvalue weighted by Crippen LogP contribution is 2.41. The molecule has 1 aliphatic heterocycles. The summed E-state index contributed by atoms with van der Waals surface area (Å²) in [5, 5.41) is 10.2. The number of benzene rings is 1. The van der Waals surface area contributed by atoms with E-state index in [2.05, 4.69) is 6.92 Å². The van der Waals surface area contributed by atoms with Crippen LogP contribution in [0.5, 0.6) is 5.75 Å². The Morgan fingerprint density at radius 1 is 1.17 bits per heavy atom. The smallest absolute Gasteiger partial charge is 0.125 e. The van der Waals surface area contributed by atoms with Crippen molar-refractivity contribution in [2.45, 2.75) is 51.2 Å². The van der Waals surface area contributed by atoms with Crippen LogP contribution in [0.15, 0.2) is 24.3 Å². The lowest BCUT2D eigenvalue weighted by Crippen LogP contribution is -2.35. The highest BCUT2D eigenvalue weighted by molar-refractivity contribution is 5.37. The van der Waals surface area contributed by atoms with Crippen molar-refractivity contribution >= 4 is 0 Å². The summed E-state index contributed by atoms with van der Waals surface area (Å²) in [6.45, 7) is 2.33. The molecule has 0 bridgehead atoms. The predicted molar refractivity (Wildman–Crippen MR) is 71.6 cm³/mol. The maximum absolute atomic E-state index is 10.2. The van der Waals surface area contributed by atoms with Gasteiger partial charge in [0.1, 0.15) is 11.9 Å². The molecule has 1 aromatic carbocycles. The van der Waals surface area contributed by atoms with Gasteiger partial charge in [-0.05, 0) is 30.7 Å². The Kier molecular flexibility index (Phi) is 3.29. The van der Waals surface area contributed by atoms with Crippen molar-refractivity contribution < 1.29 is 9.84 Å². The summed E-state index contributed by atoms with van der Waals surface area (Å²) in [7, 11) is 0. The van der Waals surface area contributed by atoms with Crippen LogP contribution in [-0.4, -0.2) is 11.2 Å². The summed E-state index contributed by atoms with van der Waals surface area (Å²) < 4.78 is 6.13. The van der Waals surface area contributed by atoms with Crippen molar-refractivity contribution in [3.63, 3.8) is 0 Å². The van der Waals surface area contributed by atoms with E-state index in [1.54, 1.807) is 0 Å². The molecule has 4 atom stereocenters. The zero-order chi connectivity index (χ0) is 12.5. The van der Waals surface area contributed by atoms with Crippen LogP contribution in [0.3, 0.4) is 0 Å². The largest absolute Gasteiger partial charge is 0.490 e. The molecule has 0 spiro atoms. The van der Waals surface area contributed by atoms with Gasteiger partial charge in [0.15, 0.2) is 0 Å². The van der Waals surface area contributed by atoms with Gasteiger partial charge in [-0.1, -0.05) is 38.0 Å². The van der Waals surface area contributed by atoms with Crippen LogP contribution in [0.4, 0.5) is 0 Å². The lowest BCUT2D eigenvalue weighted by atomic mass is 9.77. The fourth-order valence-corrected chi connectivity index (χ4v) is 3.53. The van der Waals surface area contributed by atoms with Crippen molar-refractivity contribution in [2.75, 3.05) is 0 Å². The van der Waals surface area contributed by atoms with Crippen molar-refractivity contribution in [2.24, 2.45) is 11.8 Å². The molecule has 0 amide bonds. The van der Waals surface area contributed by atoms with Gasteiger partial charge in [0, 0.05) is 12.0 Å².